The Labute approximate surface area is 57.1 Å². The van der Waals surface area contributed by atoms with E-state index >= 15 is 0 Å². The maximum absolute atomic E-state index is 5.42. The molecular weight excluding hydrogens is 128 g/mol. The minimum absolute atomic E-state index is 0.500. The number of aromatic amines is 1. The highest BCUT2D eigenvalue weighted by Gasteiger charge is 1.94. The average Bonchev–Trinajstić information content (AvgIpc) is 2.33. The fraction of sp³-hybridized carbons (Fsp3) is 0. The first-order valence-electron chi connectivity index (χ1n) is 2.91. The second kappa shape index (κ2) is 1.70. The van der Waals surface area contributed by atoms with Gasteiger partial charge in [-0.15, -0.1) is 0 Å². The van der Waals surface area contributed by atoms with E-state index in [0.717, 1.165) is 11.0 Å². The van der Waals surface area contributed by atoms with E-state index in [-0.39, 0.29) is 0 Å². The molecule has 0 unspecified atom stereocenters. The van der Waals surface area contributed by atoms with E-state index in [1.54, 1.807) is 18.6 Å². The molecular formula is C6H6N4. The molecule has 0 saturated heterocycles. The van der Waals surface area contributed by atoms with Gasteiger partial charge >= 0.3 is 0 Å². The topological polar surface area (TPSA) is 67.6 Å². The zero-order valence-corrected chi connectivity index (χ0v) is 5.20. The van der Waals surface area contributed by atoms with Gasteiger partial charge in [0.05, 0.1) is 23.6 Å². The molecule has 0 aliphatic heterocycles. The van der Waals surface area contributed by atoms with Crippen LogP contribution in [-0.2, 0) is 0 Å². The van der Waals surface area contributed by atoms with Gasteiger partial charge in [-0.1, -0.05) is 0 Å². The van der Waals surface area contributed by atoms with Crippen LogP contribution in [0.4, 0.5) is 5.82 Å². The minimum atomic E-state index is 0.500. The van der Waals surface area contributed by atoms with Crippen molar-refractivity contribution in [2.45, 2.75) is 0 Å². The Hall–Kier alpha value is -1.58. The summed E-state index contributed by atoms with van der Waals surface area (Å²) in [5, 5.41) is 0. The van der Waals surface area contributed by atoms with Crippen LogP contribution in [-0.4, -0.2) is 15.0 Å². The van der Waals surface area contributed by atoms with Gasteiger partial charge in [0.25, 0.3) is 0 Å². The quantitative estimate of drug-likeness (QED) is 0.552. The maximum Gasteiger partial charge on any atom is 0.125 e. The molecule has 0 spiro atoms. The number of aromatic nitrogens is 3. The van der Waals surface area contributed by atoms with Crippen LogP contribution in [0.1, 0.15) is 0 Å². The first-order chi connectivity index (χ1) is 4.86. The summed E-state index contributed by atoms with van der Waals surface area (Å²) in [6, 6.07) is 1.73. The number of nitrogen functional groups attached to an aromatic ring is 1. The number of nitrogens with two attached hydrogens (primary N) is 1. The number of rotatable bonds is 0. The Kier molecular flexibility index (Phi) is 0.887. The van der Waals surface area contributed by atoms with Crippen LogP contribution in [0.5, 0.6) is 0 Å². The van der Waals surface area contributed by atoms with E-state index in [9.17, 15) is 0 Å². The molecule has 50 valence electrons. The number of anilines is 1. The lowest BCUT2D eigenvalue weighted by atomic mass is 10.4. The molecule has 2 rings (SSSR count). The van der Waals surface area contributed by atoms with E-state index in [1.165, 1.54) is 0 Å². The molecule has 10 heavy (non-hydrogen) atoms. The summed E-state index contributed by atoms with van der Waals surface area (Å²) in [5.74, 6) is 0.500. The van der Waals surface area contributed by atoms with Crippen LogP contribution >= 0.6 is 0 Å². The predicted octanol–water partition coefficient (Wildman–Crippen LogP) is 0.540. The highest BCUT2D eigenvalue weighted by atomic mass is 14.9. The molecule has 0 fully saturated rings. The summed E-state index contributed by atoms with van der Waals surface area (Å²) in [4.78, 5) is 10.8. The largest absolute Gasteiger partial charge is 0.384 e. The van der Waals surface area contributed by atoms with Crippen molar-refractivity contribution < 1.29 is 0 Å². The van der Waals surface area contributed by atoms with Crippen molar-refractivity contribution in [2.24, 2.45) is 0 Å². The van der Waals surface area contributed by atoms with Crippen LogP contribution in [0.15, 0.2) is 18.6 Å². The standard InChI is InChI=1S/C6H6N4/c7-6-1-4-5(2-8-6)10-3-9-4/h1-3H,(H2,7,8)(H,9,10). The van der Waals surface area contributed by atoms with Crippen molar-refractivity contribution in [3.8, 4) is 0 Å². The Morgan fingerprint density at radius 2 is 2.30 bits per heavy atom. The number of pyridine rings is 1. The number of nitrogens with one attached hydrogen (secondary N) is 1. The first-order valence-corrected chi connectivity index (χ1v) is 2.91. The Morgan fingerprint density at radius 1 is 1.40 bits per heavy atom. The number of hydrogen-bond donors (Lipinski definition) is 2. The molecule has 0 radical (unpaired) electrons. The van der Waals surface area contributed by atoms with E-state index in [4.69, 9.17) is 5.73 Å². The monoisotopic (exact) mass is 134 g/mol. The second-order valence-electron chi connectivity index (χ2n) is 2.03. The fourth-order valence-electron chi connectivity index (χ4n) is 0.850. The van der Waals surface area contributed by atoms with Crippen LogP contribution < -0.4 is 5.73 Å². The number of fused-ring (bicyclic) bond motifs is 1. The lowest BCUT2D eigenvalue weighted by Crippen LogP contribution is -1.87. The third kappa shape index (κ3) is 0.621. The molecule has 0 amide bonds. The third-order valence-electron chi connectivity index (χ3n) is 1.33. The number of nitrogens with zero attached hydrogens (tertiary/aromatic N) is 2. The highest BCUT2D eigenvalue weighted by Crippen LogP contribution is 2.08. The molecule has 0 aliphatic rings. The summed E-state index contributed by atoms with van der Waals surface area (Å²) < 4.78 is 0. The number of imidazole rings is 1. The molecule has 0 atom stereocenters. The summed E-state index contributed by atoms with van der Waals surface area (Å²) in [7, 11) is 0. The van der Waals surface area contributed by atoms with Gasteiger partial charge < -0.3 is 10.7 Å². The first kappa shape index (κ1) is 5.22. The average molecular weight is 134 g/mol. The molecule has 0 aliphatic carbocycles. The smallest absolute Gasteiger partial charge is 0.125 e. The lowest BCUT2D eigenvalue weighted by Gasteiger charge is -1.88. The van der Waals surface area contributed by atoms with Crippen molar-refractivity contribution in [3.05, 3.63) is 18.6 Å². The molecule has 0 bridgehead atoms. The number of H-pyrrole nitrogens is 1. The van der Waals surface area contributed by atoms with Crippen molar-refractivity contribution in [3.63, 3.8) is 0 Å². The van der Waals surface area contributed by atoms with Crippen molar-refractivity contribution >= 4 is 16.9 Å². The summed E-state index contributed by atoms with van der Waals surface area (Å²) >= 11 is 0. The van der Waals surface area contributed by atoms with Crippen LogP contribution in [0, 0.1) is 0 Å². The van der Waals surface area contributed by atoms with Gasteiger partial charge in [-0.3, -0.25) is 0 Å². The molecule has 2 aromatic heterocycles. The molecule has 3 N–H and O–H groups in total. The van der Waals surface area contributed by atoms with E-state index < -0.39 is 0 Å². The summed E-state index contributed by atoms with van der Waals surface area (Å²) in [6.07, 6.45) is 3.28. The molecule has 0 aromatic carbocycles. The van der Waals surface area contributed by atoms with Crippen molar-refractivity contribution in [1.29, 1.82) is 0 Å². The lowest BCUT2D eigenvalue weighted by molar-refractivity contribution is 1.33. The van der Waals surface area contributed by atoms with E-state index in [1.807, 2.05) is 0 Å². The van der Waals surface area contributed by atoms with Crippen molar-refractivity contribution in [2.75, 3.05) is 5.73 Å². The second-order valence-corrected chi connectivity index (χ2v) is 2.03. The van der Waals surface area contributed by atoms with Crippen LogP contribution in [0.3, 0.4) is 0 Å². The SMILES string of the molecule is Nc1cc2nc[nH]c2cn1. The van der Waals surface area contributed by atoms with Crippen LogP contribution in [0.25, 0.3) is 11.0 Å². The van der Waals surface area contributed by atoms with Gasteiger partial charge in [-0.2, -0.15) is 0 Å². The van der Waals surface area contributed by atoms with Gasteiger partial charge in [-0.25, -0.2) is 9.97 Å². The van der Waals surface area contributed by atoms with E-state index in [2.05, 4.69) is 15.0 Å². The van der Waals surface area contributed by atoms with Gasteiger partial charge in [0.1, 0.15) is 5.82 Å². The van der Waals surface area contributed by atoms with Crippen molar-refractivity contribution in [1.82, 2.24) is 15.0 Å². The van der Waals surface area contributed by atoms with Gasteiger partial charge in [0, 0.05) is 6.07 Å². The van der Waals surface area contributed by atoms with Gasteiger partial charge in [0.15, 0.2) is 0 Å². The van der Waals surface area contributed by atoms with Gasteiger partial charge in [0.2, 0.25) is 0 Å². The minimum Gasteiger partial charge on any atom is -0.384 e. The Morgan fingerprint density at radius 3 is 3.20 bits per heavy atom. The summed E-state index contributed by atoms with van der Waals surface area (Å²) in [6.45, 7) is 0. The summed E-state index contributed by atoms with van der Waals surface area (Å²) in [5.41, 5.74) is 7.18. The molecule has 4 heteroatoms. The van der Waals surface area contributed by atoms with E-state index in [0.29, 0.717) is 5.82 Å². The zero-order chi connectivity index (χ0) is 6.97. The predicted molar refractivity (Wildman–Crippen MR) is 38.3 cm³/mol. The molecule has 0 saturated carbocycles. The molecule has 2 aromatic rings. The fourth-order valence-corrected chi connectivity index (χ4v) is 0.850. The zero-order valence-electron chi connectivity index (χ0n) is 5.20. The molecule has 2 heterocycles. The normalized spacial score (nSPS) is 10.4. The maximum atomic E-state index is 5.42. The Balaban J connectivity index is 2.86. The van der Waals surface area contributed by atoms with Crippen LogP contribution in [0.2, 0.25) is 0 Å². The molecule has 4 nitrogen and oxygen atoms in total. The Bertz CT molecular complexity index is 351. The highest BCUT2D eigenvalue weighted by molar-refractivity contribution is 5.75. The van der Waals surface area contributed by atoms with Gasteiger partial charge in [-0.05, 0) is 0 Å². The number of hydrogen-bond acceptors (Lipinski definition) is 3. The third-order valence-corrected chi connectivity index (χ3v) is 1.33.